The van der Waals surface area contributed by atoms with Gasteiger partial charge in [0.2, 0.25) is 0 Å². The average Bonchev–Trinajstić information content (AvgIpc) is 2.98. The van der Waals surface area contributed by atoms with Crippen molar-refractivity contribution >= 4 is 5.97 Å². The van der Waals surface area contributed by atoms with Crippen LogP contribution in [0.3, 0.4) is 0 Å². The number of nitrogens with zero attached hydrogens (tertiary/aromatic N) is 1. The van der Waals surface area contributed by atoms with Crippen molar-refractivity contribution in [3.8, 4) is 5.75 Å². The SMILES string of the molecule is O=C(OCC1CCN(Cc2ccccc2)CC1)C(c1ccccc1)c1cccc(OCC2CCNCC2)c1. The number of rotatable bonds is 10. The van der Waals surface area contributed by atoms with E-state index in [2.05, 4.69) is 40.5 Å². The molecule has 5 nitrogen and oxygen atoms in total. The number of benzene rings is 3. The van der Waals surface area contributed by atoms with Crippen LogP contribution in [0.25, 0.3) is 0 Å². The van der Waals surface area contributed by atoms with Gasteiger partial charge in [-0.15, -0.1) is 0 Å². The fourth-order valence-electron chi connectivity index (χ4n) is 5.59. The highest BCUT2D eigenvalue weighted by Gasteiger charge is 2.27. The molecule has 3 aromatic rings. The minimum atomic E-state index is -0.461. The molecule has 2 fully saturated rings. The second-order valence-corrected chi connectivity index (χ2v) is 10.8. The molecule has 2 aliphatic heterocycles. The van der Waals surface area contributed by atoms with Gasteiger partial charge in [-0.25, -0.2) is 0 Å². The Morgan fingerprint density at radius 2 is 1.45 bits per heavy atom. The second-order valence-electron chi connectivity index (χ2n) is 10.8. The molecule has 0 aliphatic carbocycles. The van der Waals surface area contributed by atoms with E-state index in [4.69, 9.17) is 9.47 Å². The number of likely N-dealkylation sites (tertiary alicyclic amines) is 1. The van der Waals surface area contributed by atoms with Gasteiger partial charge in [-0.1, -0.05) is 72.8 Å². The summed E-state index contributed by atoms with van der Waals surface area (Å²) in [6, 6.07) is 28.6. The number of hydrogen-bond donors (Lipinski definition) is 1. The molecule has 2 aliphatic rings. The molecule has 0 aromatic heterocycles. The molecular formula is C33H40N2O3. The van der Waals surface area contributed by atoms with E-state index in [-0.39, 0.29) is 5.97 Å². The number of hydrogen-bond acceptors (Lipinski definition) is 5. The van der Waals surface area contributed by atoms with Gasteiger partial charge in [0.1, 0.15) is 11.7 Å². The molecule has 0 radical (unpaired) electrons. The lowest BCUT2D eigenvalue weighted by Gasteiger charge is -2.32. The van der Waals surface area contributed by atoms with Gasteiger partial charge in [0.15, 0.2) is 0 Å². The van der Waals surface area contributed by atoms with Crippen LogP contribution in [-0.4, -0.2) is 50.3 Å². The van der Waals surface area contributed by atoms with Crippen molar-refractivity contribution < 1.29 is 14.3 Å². The van der Waals surface area contributed by atoms with Crippen molar-refractivity contribution in [1.29, 1.82) is 0 Å². The van der Waals surface area contributed by atoms with Crippen LogP contribution in [-0.2, 0) is 16.1 Å². The lowest BCUT2D eigenvalue weighted by molar-refractivity contribution is -0.146. The topological polar surface area (TPSA) is 50.8 Å². The largest absolute Gasteiger partial charge is 0.493 e. The summed E-state index contributed by atoms with van der Waals surface area (Å²) in [6.07, 6.45) is 4.39. The molecule has 3 aromatic carbocycles. The van der Waals surface area contributed by atoms with Crippen LogP contribution in [0, 0.1) is 11.8 Å². The summed E-state index contributed by atoms with van der Waals surface area (Å²) in [5.74, 6) is 1.16. The van der Waals surface area contributed by atoms with Gasteiger partial charge in [-0.2, -0.15) is 0 Å². The molecule has 5 heteroatoms. The first-order valence-corrected chi connectivity index (χ1v) is 14.2. The van der Waals surface area contributed by atoms with Gasteiger partial charge in [0, 0.05) is 6.54 Å². The summed E-state index contributed by atoms with van der Waals surface area (Å²) >= 11 is 0. The van der Waals surface area contributed by atoms with Gasteiger partial charge < -0.3 is 14.8 Å². The molecule has 1 atom stereocenters. The van der Waals surface area contributed by atoms with Crippen molar-refractivity contribution in [2.24, 2.45) is 11.8 Å². The predicted octanol–water partition coefficient (Wildman–Crippen LogP) is 5.65. The molecule has 200 valence electrons. The zero-order chi connectivity index (χ0) is 26.0. The highest BCUT2D eigenvalue weighted by molar-refractivity contribution is 5.82. The zero-order valence-corrected chi connectivity index (χ0v) is 22.3. The summed E-state index contributed by atoms with van der Waals surface area (Å²) in [7, 11) is 0. The highest BCUT2D eigenvalue weighted by atomic mass is 16.5. The van der Waals surface area contributed by atoms with Crippen molar-refractivity contribution in [1.82, 2.24) is 10.2 Å². The quantitative estimate of drug-likeness (QED) is 0.356. The molecule has 0 spiro atoms. The van der Waals surface area contributed by atoms with Crippen LogP contribution in [0.15, 0.2) is 84.9 Å². The maximum absolute atomic E-state index is 13.5. The molecule has 2 heterocycles. The Labute approximate surface area is 227 Å². The van der Waals surface area contributed by atoms with E-state index < -0.39 is 5.92 Å². The highest BCUT2D eigenvalue weighted by Crippen LogP contribution is 2.30. The zero-order valence-electron chi connectivity index (χ0n) is 22.3. The Morgan fingerprint density at radius 1 is 0.789 bits per heavy atom. The maximum Gasteiger partial charge on any atom is 0.317 e. The number of carbonyl (C=O) groups is 1. The fourth-order valence-corrected chi connectivity index (χ4v) is 5.59. The van der Waals surface area contributed by atoms with Crippen molar-refractivity contribution in [3.63, 3.8) is 0 Å². The van der Waals surface area contributed by atoms with E-state index in [0.717, 1.165) is 75.3 Å². The molecule has 1 N–H and O–H groups in total. The van der Waals surface area contributed by atoms with E-state index in [1.54, 1.807) is 0 Å². The Hall–Kier alpha value is -3.15. The van der Waals surface area contributed by atoms with Crippen molar-refractivity contribution in [2.45, 2.75) is 38.1 Å². The van der Waals surface area contributed by atoms with Gasteiger partial charge in [-0.3, -0.25) is 9.69 Å². The van der Waals surface area contributed by atoms with E-state index in [9.17, 15) is 4.79 Å². The first-order valence-electron chi connectivity index (χ1n) is 14.2. The third kappa shape index (κ3) is 7.46. The minimum Gasteiger partial charge on any atom is -0.493 e. The van der Waals surface area contributed by atoms with Crippen molar-refractivity contribution in [2.75, 3.05) is 39.4 Å². The molecule has 38 heavy (non-hydrogen) atoms. The minimum absolute atomic E-state index is 0.182. The third-order valence-corrected chi connectivity index (χ3v) is 7.92. The summed E-state index contributed by atoms with van der Waals surface area (Å²) in [6.45, 7) is 6.37. The summed E-state index contributed by atoms with van der Waals surface area (Å²) < 4.78 is 12.2. The summed E-state index contributed by atoms with van der Waals surface area (Å²) in [5, 5.41) is 3.41. The maximum atomic E-state index is 13.5. The van der Waals surface area contributed by atoms with Crippen LogP contribution in [0.1, 0.15) is 48.3 Å². The normalized spacial score (nSPS) is 18.1. The van der Waals surface area contributed by atoms with Crippen LogP contribution >= 0.6 is 0 Å². The third-order valence-electron chi connectivity index (χ3n) is 7.92. The van der Waals surface area contributed by atoms with E-state index in [0.29, 0.717) is 25.0 Å². The second kappa shape index (κ2) is 13.6. The number of piperidine rings is 2. The number of carbonyl (C=O) groups excluding carboxylic acids is 1. The van der Waals surface area contributed by atoms with Gasteiger partial charge >= 0.3 is 5.97 Å². The molecular weight excluding hydrogens is 472 g/mol. The van der Waals surface area contributed by atoms with Gasteiger partial charge in [0.05, 0.1) is 13.2 Å². The summed E-state index contributed by atoms with van der Waals surface area (Å²) in [5.41, 5.74) is 3.22. The predicted molar refractivity (Wildman–Crippen MR) is 151 cm³/mol. The molecule has 0 bridgehead atoms. The summed E-state index contributed by atoms with van der Waals surface area (Å²) in [4.78, 5) is 16.0. The molecule has 0 saturated carbocycles. The fraction of sp³-hybridized carbons (Fsp3) is 0.424. The number of ether oxygens (including phenoxy) is 2. The first kappa shape index (κ1) is 26.5. The average molecular weight is 513 g/mol. The van der Waals surface area contributed by atoms with E-state index in [1.807, 2.05) is 54.6 Å². The lowest BCUT2D eigenvalue weighted by atomic mass is 9.91. The van der Waals surface area contributed by atoms with Crippen LogP contribution < -0.4 is 10.1 Å². The monoisotopic (exact) mass is 512 g/mol. The number of esters is 1. The first-order chi connectivity index (χ1) is 18.7. The lowest BCUT2D eigenvalue weighted by Crippen LogP contribution is -2.35. The van der Waals surface area contributed by atoms with Crippen LogP contribution in [0.4, 0.5) is 0 Å². The molecule has 0 amide bonds. The van der Waals surface area contributed by atoms with Gasteiger partial charge in [0.25, 0.3) is 0 Å². The Balaban J connectivity index is 1.18. The molecule has 5 rings (SSSR count). The van der Waals surface area contributed by atoms with E-state index >= 15 is 0 Å². The standard InChI is InChI=1S/C33H40N2O3/c36-33(38-25-28-16-20-35(21-17-28)23-26-8-3-1-4-9-26)32(29-10-5-2-6-11-29)30-12-7-13-31(22-30)37-24-27-14-18-34-19-15-27/h1-13,22,27-28,32,34H,14-21,23-25H2. The number of nitrogens with one attached hydrogen (secondary N) is 1. The Morgan fingerprint density at radius 3 is 2.18 bits per heavy atom. The van der Waals surface area contributed by atoms with E-state index in [1.165, 1.54) is 5.56 Å². The van der Waals surface area contributed by atoms with Crippen LogP contribution in [0.2, 0.25) is 0 Å². The van der Waals surface area contributed by atoms with Crippen molar-refractivity contribution in [3.05, 3.63) is 102 Å². The Kier molecular flexibility index (Phi) is 9.46. The molecule has 1 unspecified atom stereocenters. The van der Waals surface area contributed by atoms with Crippen LogP contribution in [0.5, 0.6) is 5.75 Å². The molecule has 2 saturated heterocycles. The van der Waals surface area contributed by atoms with Gasteiger partial charge in [-0.05, 0) is 92.5 Å². The Bertz CT molecular complexity index is 1120. The smallest absolute Gasteiger partial charge is 0.317 e.